The predicted molar refractivity (Wildman–Crippen MR) is 114 cm³/mol. The molecule has 8 heteroatoms. The number of carbonyl (C=O) groups excluding carboxylic acids is 2. The number of hydrogen-bond donors (Lipinski definition) is 3. The van der Waals surface area contributed by atoms with E-state index in [1.54, 1.807) is 18.2 Å². The van der Waals surface area contributed by atoms with Gasteiger partial charge in [0.2, 0.25) is 5.91 Å². The zero-order valence-electron chi connectivity index (χ0n) is 15.6. The van der Waals surface area contributed by atoms with Gasteiger partial charge >= 0.3 is 0 Å². The second kappa shape index (κ2) is 10.1. The number of aryl methyl sites for hydroxylation is 2. The van der Waals surface area contributed by atoms with E-state index in [4.69, 9.17) is 16.3 Å². The molecule has 2 rings (SSSR count). The third kappa shape index (κ3) is 6.90. The van der Waals surface area contributed by atoms with E-state index in [9.17, 15) is 9.59 Å². The van der Waals surface area contributed by atoms with Gasteiger partial charge in [-0.25, -0.2) is 0 Å². The van der Waals surface area contributed by atoms with Crippen LogP contribution in [0, 0.1) is 13.8 Å². The summed E-state index contributed by atoms with van der Waals surface area (Å²) >= 11 is 9.42. The molecule has 0 saturated carbocycles. The number of amides is 2. The van der Waals surface area contributed by atoms with Crippen molar-refractivity contribution in [2.24, 2.45) is 0 Å². The molecule has 2 amide bonds. The number of hydrogen-bond acceptors (Lipinski definition) is 4. The van der Waals surface area contributed by atoms with Crippen molar-refractivity contribution in [3.05, 3.63) is 69.3 Å². The molecule has 0 unspecified atom stereocenters. The van der Waals surface area contributed by atoms with Gasteiger partial charge in [-0.1, -0.05) is 30.3 Å². The summed E-state index contributed by atoms with van der Waals surface area (Å²) in [5.41, 5.74) is 7.97. The van der Waals surface area contributed by atoms with Crippen molar-refractivity contribution in [1.82, 2.24) is 10.9 Å². The highest BCUT2D eigenvalue weighted by molar-refractivity contribution is 9.10. The van der Waals surface area contributed by atoms with E-state index in [1.165, 1.54) is 0 Å². The molecule has 0 atom stereocenters. The van der Waals surface area contributed by atoms with Crippen LogP contribution in [0.25, 0.3) is 0 Å². The minimum atomic E-state index is -0.403. The quantitative estimate of drug-likeness (QED) is 0.508. The number of carbonyl (C=O) groups is 2. The molecule has 148 valence electrons. The summed E-state index contributed by atoms with van der Waals surface area (Å²) in [6.45, 7) is 7.37. The van der Waals surface area contributed by atoms with Crippen LogP contribution < -0.4 is 20.9 Å². The maximum atomic E-state index is 12.0. The molecule has 6 nitrogen and oxygen atoms in total. The zero-order valence-corrected chi connectivity index (χ0v) is 17.9. The molecule has 0 bridgehead atoms. The number of rotatable bonds is 8. The van der Waals surface area contributed by atoms with E-state index in [0.29, 0.717) is 22.2 Å². The molecule has 2 aromatic rings. The van der Waals surface area contributed by atoms with Crippen molar-refractivity contribution in [1.29, 1.82) is 0 Å². The van der Waals surface area contributed by atoms with Gasteiger partial charge in [0.25, 0.3) is 5.91 Å². The van der Waals surface area contributed by atoms with Gasteiger partial charge in [-0.2, -0.15) is 0 Å². The predicted octanol–water partition coefficient (Wildman–Crippen LogP) is 4.26. The number of nitrogens with one attached hydrogen (secondary N) is 3. The first-order valence-corrected chi connectivity index (χ1v) is 9.59. The van der Waals surface area contributed by atoms with Crippen molar-refractivity contribution < 1.29 is 14.3 Å². The Hall–Kier alpha value is -2.51. The van der Waals surface area contributed by atoms with Crippen LogP contribution in [0.5, 0.6) is 5.75 Å². The van der Waals surface area contributed by atoms with Crippen LogP contribution >= 0.6 is 27.5 Å². The molecular formula is C20H21BrClN3O3. The summed E-state index contributed by atoms with van der Waals surface area (Å²) in [6.07, 6.45) is -0.0177. The highest BCUT2D eigenvalue weighted by Gasteiger charge is 2.09. The van der Waals surface area contributed by atoms with E-state index in [0.717, 1.165) is 15.6 Å². The third-order valence-corrected chi connectivity index (χ3v) is 4.68. The van der Waals surface area contributed by atoms with E-state index in [1.807, 2.05) is 32.0 Å². The smallest absolute Gasteiger partial charge is 0.276 e. The van der Waals surface area contributed by atoms with Gasteiger partial charge in [-0.3, -0.25) is 15.0 Å². The lowest BCUT2D eigenvalue weighted by atomic mass is 10.2. The number of anilines is 1. The molecule has 0 heterocycles. The van der Waals surface area contributed by atoms with E-state index in [2.05, 4.69) is 38.7 Å². The highest BCUT2D eigenvalue weighted by Crippen LogP contribution is 2.25. The first-order valence-electron chi connectivity index (χ1n) is 8.42. The lowest BCUT2D eigenvalue weighted by Gasteiger charge is -2.13. The van der Waals surface area contributed by atoms with Crippen molar-refractivity contribution in [3.8, 4) is 5.75 Å². The first-order chi connectivity index (χ1) is 13.2. The molecule has 0 radical (unpaired) electrons. The van der Waals surface area contributed by atoms with Gasteiger partial charge in [-0.15, -0.1) is 0 Å². The number of benzene rings is 2. The van der Waals surface area contributed by atoms with Crippen LogP contribution in [0.4, 0.5) is 5.69 Å². The summed E-state index contributed by atoms with van der Waals surface area (Å²) in [5, 5.41) is 3.29. The summed E-state index contributed by atoms with van der Waals surface area (Å²) in [6, 6.07) is 10.8. The van der Waals surface area contributed by atoms with Gasteiger partial charge in [0.1, 0.15) is 5.75 Å². The van der Waals surface area contributed by atoms with Gasteiger partial charge in [0, 0.05) is 16.4 Å². The molecule has 3 N–H and O–H groups in total. The molecule has 0 saturated heterocycles. The molecule has 0 aliphatic carbocycles. The number of hydrazine groups is 1. The van der Waals surface area contributed by atoms with Gasteiger partial charge in [-0.05, 0) is 65.2 Å². The fourth-order valence-electron chi connectivity index (χ4n) is 2.17. The first kappa shape index (κ1) is 21.8. The standard InChI is InChI=1S/C20H21BrClN3O3/c1-12-4-7-18(16(21)8-12)28-11-20(27)25-24-14(3)9-19(26)23-15-6-5-13(2)17(22)10-15/h4-8,10,24H,3,9,11H2,1-2H3,(H,23,26)(H,25,27). The van der Waals surface area contributed by atoms with Crippen LogP contribution in [-0.4, -0.2) is 18.4 Å². The van der Waals surface area contributed by atoms with E-state index in [-0.39, 0.29) is 18.9 Å². The Kier molecular flexibility index (Phi) is 7.90. The lowest BCUT2D eigenvalue weighted by molar-refractivity contribution is -0.124. The fraction of sp³-hybridized carbons (Fsp3) is 0.200. The topological polar surface area (TPSA) is 79.5 Å². The monoisotopic (exact) mass is 465 g/mol. The Labute approximate surface area is 177 Å². The minimum absolute atomic E-state index is 0.0177. The van der Waals surface area contributed by atoms with Crippen LogP contribution in [-0.2, 0) is 9.59 Å². The van der Waals surface area contributed by atoms with E-state index >= 15 is 0 Å². The van der Waals surface area contributed by atoms with Gasteiger partial charge < -0.3 is 15.5 Å². The SMILES string of the molecule is C=C(CC(=O)Nc1ccc(C)c(Cl)c1)NNC(=O)COc1ccc(C)cc1Br. The van der Waals surface area contributed by atoms with Crippen molar-refractivity contribution >= 4 is 45.0 Å². The average molecular weight is 467 g/mol. The van der Waals surface area contributed by atoms with Crippen molar-refractivity contribution in [3.63, 3.8) is 0 Å². The Morgan fingerprint density at radius 1 is 1.11 bits per heavy atom. The molecule has 0 aliphatic heterocycles. The van der Waals surface area contributed by atoms with Gasteiger partial charge in [0.15, 0.2) is 6.61 Å². The average Bonchev–Trinajstić information content (AvgIpc) is 2.62. The van der Waals surface area contributed by atoms with Crippen molar-refractivity contribution in [2.75, 3.05) is 11.9 Å². The van der Waals surface area contributed by atoms with E-state index < -0.39 is 5.91 Å². The molecule has 0 aliphatic rings. The number of ether oxygens (including phenoxy) is 1. The third-order valence-electron chi connectivity index (χ3n) is 3.65. The summed E-state index contributed by atoms with van der Waals surface area (Å²) in [5.74, 6) is -0.124. The molecule has 2 aromatic carbocycles. The maximum absolute atomic E-state index is 12.0. The summed E-state index contributed by atoms with van der Waals surface area (Å²) < 4.78 is 6.22. The second-order valence-corrected chi connectivity index (χ2v) is 7.45. The van der Waals surface area contributed by atoms with Gasteiger partial charge in [0.05, 0.1) is 10.9 Å². The van der Waals surface area contributed by atoms with Crippen molar-refractivity contribution in [2.45, 2.75) is 20.3 Å². The zero-order chi connectivity index (χ0) is 20.7. The summed E-state index contributed by atoms with van der Waals surface area (Å²) in [4.78, 5) is 23.9. The fourth-order valence-corrected chi connectivity index (χ4v) is 2.96. The molecule has 0 aromatic heterocycles. The summed E-state index contributed by atoms with van der Waals surface area (Å²) in [7, 11) is 0. The van der Waals surface area contributed by atoms with Crippen LogP contribution in [0.1, 0.15) is 17.5 Å². The minimum Gasteiger partial charge on any atom is -0.483 e. The molecular weight excluding hydrogens is 446 g/mol. The maximum Gasteiger partial charge on any atom is 0.276 e. The lowest BCUT2D eigenvalue weighted by Crippen LogP contribution is -2.40. The Morgan fingerprint density at radius 3 is 2.54 bits per heavy atom. The molecule has 0 spiro atoms. The molecule has 0 fully saturated rings. The number of halogens is 2. The normalized spacial score (nSPS) is 10.1. The Morgan fingerprint density at radius 2 is 1.86 bits per heavy atom. The molecule has 28 heavy (non-hydrogen) atoms. The largest absolute Gasteiger partial charge is 0.483 e. The second-order valence-electron chi connectivity index (χ2n) is 6.19. The van der Waals surface area contributed by atoms with Crippen LogP contribution in [0.15, 0.2) is 53.1 Å². The Balaban J connectivity index is 1.72. The van der Waals surface area contributed by atoms with Crippen LogP contribution in [0.3, 0.4) is 0 Å². The highest BCUT2D eigenvalue weighted by atomic mass is 79.9. The van der Waals surface area contributed by atoms with Crippen LogP contribution in [0.2, 0.25) is 5.02 Å². The Bertz CT molecular complexity index is 902.